The highest BCUT2D eigenvalue weighted by Crippen LogP contribution is 2.57. The molecule has 0 aromatic carbocycles. The van der Waals surface area contributed by atoms with Gasteiger partial charge in [0.15, 0.2) is 0 Å². The first-order chi connectivity index (χ1) is 12.7. The predicted molar refractivity (Wildman–Crippen MR) is 111 cm³/mol. The molecular formula is C25H43N. The largest absolute Gasteiger partial charge is 0.198 e. The molecular weight excluding hydrogens is 314 g/mol. The fraction of sp³-hybridized carbons (Fsp3) is 0.960. The summed E-state index contributed by atoms with van der Waals surface area (Å²) >= 11 is 0. The zero-order valence-corrected chi connectivity index (χ0v) is 17.6. The average molecular weight is 358 g/mol. The first-order valence-corrected chi connectivity index (χ1v) is 12.1. The number of unbranched alkanes of at least 4 members (excludes halogenated alkanes) is 4. The van der Waals surface area contributed by atoms with Crippen molar-refractivity contribution in [3.63, 3.8) is 0 Å². The molecule has 0 N–H and O–H groups in total. The highest BCUT2D eigenvalue weighted by atomic mass is 14.5. The van der Waals surface area contributed by atoms with Crippen molar-refractivity contribution in [2.24, 2.45) is 35.0 Å². The van der Waals surface area contributed by atoms with Gasteiger partial charge in [-0.25, -0.2) is 0 Å². The van der Waals surface area contributed by atoms with Gasteiger partial charge in [-0.2, -0.15) is 5.26 Å². The molecule has 0 bridgehead atoms. The van der Waals surface area contributed by atoms with E-state index in [1.807, 2.05) is 0 Å². The molecule has 0 saturated heterocycles. The lowest BCUT2D eigenvalue weighted by molar-refractivity contribution is -0.0180. The van der Waals surface area contributed by atoms with Crippen LogP contribution in [0.2, 0.25) is 0 Å². The lowest BCUT2D eigenvalue weighted by Crippen LogP contribution is -2.44. The lowest BCUT2D eigenvalue weighted by Gasteiger charge is -2.52. The van der Waals surface area contributed by atoms with E-state index in [-0.39, 0.29) is 5.41 Å². The maximum atomic E-state index is 10.0. The molecule has 0 aromatic heterocycles. The number of nitriles is 1. The molecule has 0 aromatic rings. The summed E-state index contributed by atoms with van der Waals surface area (Å²) in [5.41, 5.74) is 0.0413. The van der Waals surface area contributed by atoms with Gasteiger partial charge in [0.1, 0.15) is 0 Å². The van der Waals surface area contributed by atoms with Gasteiger partial charge in [0.2, 0.25) is 0 Å². The van der Waals surface area contributed by atoms with Crippen LogP contribution in [0, 0.1) is 46.3 Å². The zero-order valence-electron chi connectivity index (χ0n) is 17.6. The van der Waals surface area contributed by atoms with Crippen LogP contribution in [0.15, 0.2) is 0 Å². The van der Waals surface area contributed by atoms with Crippen molar-refractivity contribution in [2.45, 2.75) is 117 Å². The molecule has 0 spiro atoms. The average Bonchev–Trinajstić information content (AvgIpc) is 2.67. The van der Waals surface area contributed by atoms with E-state index in [1.165, 1.54) is 103 Å². The Kier molecular flexibility index (Phi) is 7.48. The van der Waals surface area contributed by atoms with E-state index >= 15 is 0 Å². The van der Waals surface area contributed by atoms with E-state index in [2.05, 4.69) is 19.9 Å². The molecule has 3 aliphatic carbocycles. The van der Waals surface area contributed by atoms with Crippen LogP contribution < -0.4 is 0 Å². The molecule has 0 aliphatic heterocycles. The van der Waals surface area contributed by atoms with E-state index in [0.29, 0.717) is 0 Å². The molecule has 1 heteroatoms. The molecule has 3 aliphatic rings. The van der Waals surface area contributed by atoms with Crippen molar-refractivity contribution in [1.29, 1.82) is 5.26 Å². The summed E-state index contributed by atoms with van der Waals surface area (Å²) in [5, 5.41) is 10.0. The number of hydrogen-bond donors (Lipinski definition) is 0. The highest BCUT2D eigenvalue weighted by molar-refractivity contribution is 5.06. The van der Waals surface area contributed by atoms with Crippen molar-refractivity contribution in [3.05, 3.63) is 0 Å². The van der Waals surface area contributed by atoms with Crippen molar-refractivity contribution in [2.75, 3.05) is 0 Å². The van der Waals surface area contributed by atoms with Crippen LogP contribution in [0.1, 0.15) is 117 Å². The van der Waals surface area contributed by atoms with Gasteiger partial charge < -0.3 is 0 Å². The Morgan fingerprint density at radius 2 is 1.62 bits per heavy atom. The van der Waals surface area contributed by atoms with Gasteiger partial charge in [0, 0.05) is 0 Å². The van der Waals surface area contributed by atoms with Crippen molar-refractivity contribution in [1.82, 2.24) is 0 Å². The molecule has 6 atom stereocenters. The third kappa shape index (κ3) is 4.66. The smallest absolute Gasteiger partial charge is 0.0689 e. The summed E-state index contributed by atoms with van der Waals surface area (Å²) in [7, 11) is 0. The van der Waals surface area contributed by atoms with Crippen LogP contribution in [-0.2, 0) is 0 Å². The summed E-state index contributed by atoms with van der Waals surface area (Å²) in [6.45, 7) is 4.64. The van der Waals surface area contributed by atoms with Gasteiger partial charge in [-0.05, 0) is 81.0 Å². The van der Waals surface area contributed by atoms with Gasteiger partial charge >= 0.3 is 0 Å². The molecule has 3 rings (SSSR count). The van der Waals surface area contributed by atoms with E-state index in [0.717, 1.165) is 29.6 Å². The Morgan fingerprint density at radius 3 is 2.38 bits per heavy atom. The third-order valence-corrected chi connectivity index (χ3v) is 8.52. The molecule has 148 valence electrons. The normalized spacial score (nSPS) is 39.7. The molecule has 4 unspecified atom stereocenters. The van der Waals surface area contributed by atoms with Crippen LogP contribution in [0.3, 0.4) is 0 Å². The van der Waals surface area contributed by atoms with Crippen LogP contribution in [0.4, 0.5) is 0 Å². The minimum absolute atomic E-state index is 0.0413. The Labute approximate surface area is 163 Å². The van der Waals surface area contributed by atoms with Crippen LogP contribution >= 0.6 is 0 Å². The predicted octanol–water partition coefficient (Wildman–Crippen LogP) is 7.90. The van der Waals surface area contributed by atoms with Crippen molar-refractivity contribution >= 4 is 0 Å². The van der Waals surface area contributed by atoms with E-state index in [4.69, 9.17) is 0 Å². The Hall–Kier alpha value is -0.510. The summed E-state index contributed by atoms with van der Waals surface area (Å²) in [4.78, 5) is 0. The van der Waals surface area contributed by atoms with Crippen LogP contribution in [0.5, 0.6) is 0 Å². The van der Waals surface area contributed by atoms with E-state index in [1.54, 1.807) is 0 Å². The van der Waals surface area contributed by atoms with Crippen LogP contribution in [-0.4, -0.2) is 0 Å². The standard InChI is InChI=1S/C25H43N/c1-3-5-6-7-8-15-25(19-26)16-14-24-22(18-25)12-11-21-17-20(9-4-2)10-13-23(21)24/h20-24H,3-18H2,1-2H3/t20-,21?,22?,23?,24?,25+/m0/s1. The van der Waals surface area contributed by atoms with Gasteiger partial charge in [-0.1, -0.05) is 65.2 Å². The molecule has 26 heavy (non-hydrogen) atoms. The fourth-order valence-corrected chi connectivity index (χ4v) is 7.14. The first-order valence-electron chi connectivity index (χ1n) is 12.1. The molecule has 3 saturated carbocycles. The molecule has 3 fully saturated rings. The SMILES string of the molecule is CCCCCCC[C@@]1(C#N)CCC2C(CCC3C[C@@H](CCC)CCC32)C1. The molecule has 0 amide bonds. The number of hydrogen-bond acceptors (Lipinski definition) is 1. The van der Waals surface area contributed by atoms with Gasteiger partial charge in [0.25, 0.3) is 0 Å². The summed E-state index contributed by atoms with van der Waals surface area (Å²) in [6.07, 6.45) is 22.0. The maximum Gasteiger partial charge on any atom is 0.0689 e. The Bertz CT molecular complexity index is 463. The topological polar surface area (TPSA) is 23.8 Å². The number of nitrogens with zero attached hydrogens (tertiary/aromatic N) is 1. The Balaban J connectivity index is 1.53. The monoisotopic (exact) mass is 357 g/mol. The number of fused-ring (bicyclic) bond motifs is 3. The Morgan fingerprint density at radius 1 is 0.846 bits per heavy atom. The zero-order chi connectivity index (χ0) is 18.4. The maximum absolute atomic E-state index is 10.0. The van der Waals surface area contributed by atoms with Crippen molar-refractivity contribution in [3.8, 4) is 6.07 Å². The molecule has 0 radical (unpaired) electrons. The minimum Gasteiger partial charge on any atom is -0.198 e. The summed E-state index contributed by atoms with van der Waals surface area (Å²) < 4.78 is 0. The molecule has 1 nitrogen and oxygen atoms in total. The highest BCUT2D eigenvalue weighted by Gasteiger charge is 2.48. The van der Waals surface area contributed by atoms with Gasteiger partial charge in [-0.3, -0.25) is 0 Å². The molecule has 0 heterocycles. The van der Waals surface area contributed by atoms with Crippen molar-refractivity contribution < 1.29 is 0 Å². The third-order valence-electron chi connectivity index (χ3n) is 8.52. The number of rotatable bonds is 8. The second kappa shape index (κ2) is 9.61. The van der Waals surface area contributed by atoms with Crippen LogP contribution in [0.25, 0.3) is 0 Å². The summed E-state index contributed by atoms with van der Waals surface area (Å²) in [5.74, 6) is 4.93. The first kappa shape index (κ1) is 20.2. The van der Waals surface area contributed by atoms with Gasteiger partial charge in [0.05, 0.1) is 11.5 Å². The summed E-state index contributed by atoms with van der Waals surface area (Å²) in [6, 6.07) is 2.84. The quantitative estimate of drug-likeness (QED) is 0.405. The second-order valence-electron chi connectivity index (χ2n) is 10.2. The van der Waals surface area contributed by atoms with E-state index < -0.39 is 0 Å². The lowest BCUT2D eigenvalue weighted by atomic mass is 9.52. The fourth-order valence-electron chi connectivity index (χ4n) is 7.14. The van der Waals surface area contributed by atoms with E-state index in [9.17, 15) is 5.26 Å². The second-order valence-corrected chi connectivity index (χ2v) is 10.2. The van der Waals surface area contributed by atoms with Gasteiger partial charge in [-0.15, -0.1) is 0 Å². The minimum atomic E-state index is 0.0413.